The number of rotatable bonds is 2. The Labute approximate surface area is 94.4 Å². The molecule has 9 heteroatoms. The van der Waals surface area contributed by atoms with Gasteiger partial charge in [0.15, 0.2) is 0 Å². The van der Waals surface area contributed by atoms with Gasteiger partial charge in [-0.3, -0.25) is 0 Å². The van der Waals surface area contributed by atoms with Crippen LogP contribution in [0.5, 0.6) is 0 Å². The van der Waals surface area contributed by atoms with Gasteiger partial charge in [0.05, 0.1) is 20.2 Å². The van der Waals surface area contributed by atoms with Crippen LogP contribution in [0, 0.1) is 0 Å². The maximum Gasteiger partial charge on any atom is 2.00 e. The SMILES string of the molecule is CCS(=O)(=O)[O-].CCS(=O)(=O)[O-].[Mg+2]. The molecule has 0 N–H and O–H groups in total. The summed E-state index contributed by atoms with van der Waals surface area (Å²) in [6, 6.07) is 0. The molecule has 0 rings (SSSR count). The summed E-state index contributed by atoms with van der Waals surface area (Å²) < 4.78 is 56.7. The van der Waals surface area contributed by atoms with Crippen LogP contribution in [0.25, 0.3) is 0 Å². The minimum atomic E-state index is -3.91. The second kappa shape index (κ2) is 7.94. The second-order valence-corrected chi connectivity index (χ2v) is 5.08. The van der Waals surface area contributed by atoms with Crippen molar-refractivity contribution < 1.29 is 25.9 Å². The molecule has 0 fully saturated rings. The Kier molecular flexibility index (Phi) is 11.7. The van der Waals surface area contributed by atoms with Crippen LogP contribution >= 0.6 is 0 Å². The molecule has 0 aliphatic carbocycles. The molecule has 0 saturated carbocycles. The van der Waals surface area contributed by atoms with Crippen molar-refractivity contribution in [3.05, 3.63) is 0 Å². The third-order valence-electron chi connectivity index (χ3n) is 0.707. The van der Waals surface area contributed by atoms with Crippen molar-refractivity contribution in [2.24, 2.45) is 0 Å². The molecule has 13 heavy (non-hydrogen) atoms. The first-order valence-corrected chi connectivity index (χ1v) is 6.15. The molecule has 0 aliphatic rings. The van der Waals surface area contributed by atoms with E-state index in [-0.39, 0.29) is 34.6 Å². The zero-order valence-corrected chi connectivity index (χ0v) is 10.4. The molecule has 0 bridgehead atoms. The maximum absolute atomic E-state index is 9.44. The van der Waals surface area contributed by atoms with Crippen LogP contribution in [0.1, 0.15) is 13.8 Å². The number of hydrogen-bond donors (Lipinski definition) is 0. The van der Waals surface area contributed by atoms with Gasteiger partial charge >= 0.3 is 23.1 Å². The van der Waals surface area contributed by atoms with E-state index in [0.29, 0.717) is 0 Å². The molecule has 0 aromatic heterocycles. The fourth-order valence-electron chi connectivity index (χ4n) is 0. The van der Waals surface area contributed by atoms with Crippen molar-refractivity contribution >= 4 is 43.3 Å². The van der Waals surface area contributed by atoms with E-state index in [2.05, 4.69) is 0 Å². The van der Waals surface area contributed by atoms with E-state index >= 15 is 0 Å². The van der Waals surface area contributed by atoms with Crippen molar-refractivity contribution in [1.82, 2.24) is 0 Å². The van der Waals surface area contributed by atoms with E-state index in [4.69, 9.17) is 0 Å². The van der Waals surface area contributed by atoms with E-state index in [1.165, 1.54) is 13.8 Å². The molecule has 0 radical (unpaired) electrons. The van der Waals surface area contributed by atoms with Gasteiger partial charge in [-0.15, -0.1) is 0 Å². The molecule has 0 spiro atoms. The molecule has 0 heterocycles. The van der Waals surface area contributed by atoms with Crippen LogP contribution in [-0.2, 0) is 20.2 Å². The van der Waals surface area contributed by atoms with E-state index in [1.807, 2.05) is 0 Å². The monoisotopic (exact) mass is 242 g/mol. The average molecular weight is 243 g/mol. The summed E-state index contributed by atoms with van der Waals surface area (Å²) in [7, 11) is -7.82. The Morgan fingerprint density at radius 1 is 0.846 bits per heavy atom. The van der Waals surface area contributed by atoms with Gasteiger partial charge in [0.25, 0.3) is 0 Å². The molecule has 0 atom stereocenters. The molecular weight excluding hydrogens is 232 g/mol. The molecule has 0 unspecified atom stereocenters. The average Bonchev–Trinajstić information content (AvgIpc) is 1.86. The second-order valence-electron chi connectivity index (χ2n) is 1.69. The molecular formula is C4H10MgO6S2. The van der Waals surface area contributed by atoms with Gasteiger partial charge in [-0.25, -0.2) is 16.8 Å². The molecule has 0 saturated heterocycles. The quantitative estimate of drug-likeness (QED) is 0.440. The summed E-state index contributed by atoms with van der Waals surface area (Å²) >= 11 is 0. The smallest absolute Gasteiger partial charge is 0.748 e. The Bertz CT molecular complexity index is 259. The third-order valence-corrected chi connectivity index (χ3v) is 2.12. The van der Waals surface area contributed by atoms with Gasteiger partial charge in [-0.1, -0.05) is 13.8 Å². The molecule has 6 nitrogen and oxygen atoms in total. The largest absolute Gasteiger partial charge is 2.00 e. The van der Waals surface area contributed by atoms with Crippen molar-refractivity contribution in [2.45, 2.75) is 13.8 Å². The molecule has 0 aromatic carbocycles. The normalized spacial score (nSPS) is 10.8. The number of hydrogen-bond acceptors (Lipinski definition) is 6. The van der Waals surface area contributed by atoms with Gasteiger partial charge < -0.3 is 9.11 Å². The van der Waals surface area contributed by atoms with E-state index in [9.17, 15) is 25.9 Å². The summed E-state index contributed by atoms with van der Waals surface area (Å²) in [5, 5.41) is 0. The van der Waals surface area contributed by atoms with Crippen molar-refractivity contribution in [2.75, 3.05) is 11.5 Å². The minimum Gasteiger partial charge on any atom is -0.748 e. The Hall–Kier alpha value is 0.586. The first-order valence-electron chi connectivity index (χ1n) is 2.99. The van der Waals surface area contributed by atoms with E-state index in [1.54, 1.807) is 0 Å². The molecule has 0 aromatic rings. The van der Waals surface area contributed by atoms with Gasteiger partial charge in [-0.2, -0.15) is 0 Å². The standard InChI is InChI=1S/2C2H6O3S.Mg/c2*1-2-6(3,4)5;/h2*2H2,1H3,(H,3,4,5);/q;;+2/p-2. The fourth-order valence-corrected chi connectivity index (χ4v) is 0. The molecule has 0 aliphatic heterocycles. The van der Waals surface area contributed by atoms with Crippen LogP contribution in [-0.4, -0.2) is 60.5 Å². The summed E-state index contributed by atoms with van der Waals surface area (Å²) in [5.74, 6) is -0.625. The van der Waals surface area contributed by atoms with Crippen LogP contribution in [0.2, 0.25) is 0 Å². The summed E-state index contributed by atoms with van der Waals surface area (Å²) in [6.07, 6.45) is 0. The van der Waals surface area contributed by atoms with Crippen LogP contribution < -0.4 is 0 Å². The Balaban J connectivity index is -0.000000143. The summed E-state index contributed by atoms with van der Waals surface area (Å²) in [6.45, 7) is 2.62. The van der Waals surface area contributed by atoms with Crippen LogP contribution in [0.15, 0.2) is 0 Å². The van der Waals surface area contributed by atoms with Crippen molar-refractivity contribution in [3.63, 3.8) is 0 Å². The summed E-state index contributed by atoms with van der Waals surface area (Å²) in [4.78, 5) is 0. The van der Waals surface area contributed by atoms with Gasteiger partial charge in [0.2, 0.25) is 0 Å². The predicted octanol–water partition coefficient (Wildman–Crippen LogP) is -1.28. The van der Waals surface area contributed by atoms with Crippen molar-refractivity contribution in [1.29, 1.82) is 0 Å². The fraction of sp³-hybridized carbons (Fsp3) is 1.00. The first kappa shape index (κ1) is 19.2. The molecule has 76 valence electrons. The zero-order valence-electron chi connectivity index (χ0n) is 7.39. The van der Waals surface area contributed by atoms with Gasteiger partial charge in [0.1, 0.15) is 0 Å². The van der Waals surface area contributed by atoms with Crippen molar-refractivity contribution in [3.8, 4) is 0 Å². The minimum absolute atomic E-state index is 0. The third kappa shape index (κ3) is 32.5. The van der Waals surface area contributed by atoms with Gasteiger partial charge in [0, 0.05) is 11.5 Å². The van der Waals surface area contributed by atoms with E-state index in [0.717, 1.165) is 0 Å². The predicted molar refractivity (Wildman–Crippen MR) is 46.2 cm³/mol. The molecule has 0 amide bonds. The zero-order chi connectivity index (χ0) is 10.4. The van der Waals surface area contributed by atoms with Gasteiger partial charge in [-0.05, 0) is 0 Å². The van der Waals surface area contributed by atoms with E-state index < -0.39 is 20.2 Å². The van der Waals surface area contributed by atoms with Crippen LogP contribution in [0.4, 0.5) is 0 Å². The summed E-state index contributed by atoms with van der Waals surface area (Å²) in [5.41, 5.74) is 0. The maximum atomic E-state index is 9.44. The Morgan fingerprint density at radius 2 is 0.923 bits per heavy atom. The van der Waals surface area contributed by atoms with Crippen LogP contribution in [0.3, 0.4) is 0 Å². The Morgan fingerprint density at radius 3 is 0.923 bits per heavy atom. The topological polar surface area (TPSA) is 114 Å². The first-order chi connectivity index (χ1) is 5.12.